The first-order valence-electron chi connectivity index (χ1n) is 5.82. The zero-order chi connectivity index (χ0) is 11.4. The van der Waals surface area contributed by atoms with E-state index in [1.165, 1.54) is 16.9 Å². The van der Waals surface area contributed by atoms with Crippen LogP contribution >= 0.6 is 11.3 Å². The Labute approximate surface area is 100 Å². The topological polar surface area (TPSA) is 29.1 Å². The molecular formula is C13H17NOS. The lowest BCUT2D eigenvalue weighted by atomic mass is 10.2. The summed E-state index contributed by atoms with van der Waals surface area (Å²) < 4.78 is 0. The molecule has 0 saturated heterocycles. The minimum Gasteiger partial charge on any atom is -0.351 e. The van der Waals surface area contributed by atoms with E-state index in [1.807, 2.05) is 13.0 Å². The summed E-state index contributed by atoms with van der Waals surface area (Å²) in [4.78, 5) is 14.1. The molecule has 2 rings (SSSR count). The highest BCUT2D eigenvalue weighted by atomic mass is 32.1. The molecule has 0 atom stereocenters. The van der Waals surface area contributed by atoms with E-state index in [2.05, 4.69) is 17.5 Å². The Balaban J connectivity index is 1.89. The number of hydrogen-bond donors (Lipinski definition) is 1. The number of rotatable bonds is 4. The number of carbonyl (C=O) groups is 1. The van der Waals surface area contributed by atoms with Gasteiger partial charge in [0, 0.05) is 11.4 Å². The van der Waals surface area contributed by atoms with Gasteiger partial charge in [0.1, 0.15) is 0 Å². The van der Waals surface area contributed by atoms with E-state index in [1.54, 1.807) is 11.3 Å². The largest absolute Gasteiger partial charge is 0.351 e. The number of fused-ring (bicyclic) bond motifs is 1. The van der Waals surface area contributed by atoms with Crippen molar-refractivity contribution in [2.45, 2.75) is 32.6 Å². The van der Waals surface area contributed by atoms with Crippen LogP contribution in [0.15, 0.2) is 18.2 Å². The molecule has 0 aromatic carbocycles. The second-order valence-electron chi connectivity index (χ2n) is 4.03. The molecule has 1 aromatic rings. The van der Waals surface area contributed by atoms with Gasteiger partial charge < -0.3 is 5.32 Å². The van der Waals surface area contributed by atoms with Gasteiger partial charge in [0.2, 0.25) is 0 Å². The Morgan fingerprint density at radius 1 is 1.56 bits per heavy atom. The Morgan fingerprint density at radius 3 is 3.19 bits per heavy atom. The molecule has 0 spiro atoms. The van der Waals surface area contributed by atoms with Gasteiger partial charge in [-0.1, -0.05) is 12.2 Å². The summed E-state index contributed by atoms with van der Waals surface area (Å²) >= 11 is 1.66. The number of carbonyl (C=O) groups excluding carboxylic acids is 1. The Hall–Kier alpha value is -1.09. The van der Waals surface area contributed by atoms with Crippen LogP contribution in [0.4, 0.5) is 0 Å². The summed E-state index contributed by atoms with van der Waals surface area (Å²) in [5.41, 5.74) is 1.39. The summed E-state index contributed by atoms with van der Waals surface area (Å²) in [5, 5.41) is 2.94. The average Bonchev–Trinajstić information content (AvgIpc) is 2.83. The minimum atomic E-state index is 0.0869. The molecule has 1 aromatic heterocycles. The fourth-order valence-electron chi connectivity index (χ4n) is 1.96. The maximum atomic E-state index is 11.8. The predicted octanol–water partition coefficient (Wildman–Crippen LogP) is 2.93. The van der Waals surface area contributed by atoms with Gasteiger partial charge in [0.15, 0.2) is 0 Å². The summed E-state index contributed by atoms with van der Waals surface area (Å²) in [6, 6.07) is 2.07. The monoisotopic (exact) mass is 235 g/mol. The minimum absolute atomic E-state index is 0.0869. The van der Waals surface area contributed by atoms with Gasteiger partial charge >= 0.3 is 0 Å². The van der Waals surface area contributed by atoms with Gasteiger partial charge in [-0.2, -0.15) is 0 Å². The predicted molar refractivity (Wildman–Crippen MR) is 68.1 cm³/mol. The lowest BCUT2D eigenvalue weighted by molar-refractivity contribution is 0.0958. The Kier molecular flexibility index (Phi) is 3.78. The van der Waals surface area contributed by atoms with Gasteiger partial charge in [0.05, 0.1) is 4.88 Å². The van der Waals surface area contributed by atoms with Crippen LogP contribution in [0, 0.1) is 0 Å². The summed E-state index contributed by atoms with van der Waals surface area (Å²) in [7, 11) is 0. The van der Waals surface area contributed by atoms with Crippen LogP contribution in [0.2, 0.25) is 0 Å². The highest BCUT2D eigenvalue weighted by Crippen LogP contribution is 2.30. The SMILES string of the molecule is C/C=C/CCNC(=O)c1cc2c(s1)CCC2. The van der Waals surface area contributed by atoms with E-state index in [-0.39, 0.29) is 5.91 Å². The van der Waals surface area contributed by atoms with E-state index in [0.29, 0.717) is 0 Å². The van der Waals surface area contributed by atoms with Gasteiger partial charge in [-0.15, -0.1) is 11.3 Å². The van der Waals surface area contributed by atoms with Crippen molar-refractivity contribution in [1.82, 2.24) is 5.32 Å². The van der Waals surface area contributed by atoms with Crippen LogP contribution in [-0.4, -0.2) is 12.5 Å². The zero-order valence-electron chi connectivity index (χ0n) is 9.58. The molecule has 1 aliphatic carbocycles. The third-order valence-electron chi connectivity index (χ3n) is 2.80. The number of amides is 1. The van der Waals surface area contributed by atoms with E-state index >= 15 is 0 Å². The van der Waals surface area contributed by atoms with Gasteiger partial charge in [-0.3, -0.25) is 4.79 Å². The van der Waals surface area contributed by atoms with Gasteiger partial charge in [0.25, 0.3) is 5.91 Å². The Bertz CT molecular complexity index is 385. The fourth-order valence-corrected chi connectivity index (χ4v) is 3.13. The van der Waals surface area contributed by atoms with E-state index in [0.717, 1.165) is 30.7 Å². The zero-order valence-corrected chi connectivity index (χ0v) is 10.4. The number of aryl methyl sites for hydroxylation is 2. The molecule has 1 amide bonds. The molecule has 0 aliphatic heterocycles. The summed E-state index contributed by atoms with van der Waals surface area (Å²) in [6.07, 6.45) is 8.54. The van der Waals surface area contributed by atoms with Crippen molar-refractivity contribution in [2.24, 2.45) is 0 Å². The molecule has 1 N–H and O–H groups in total. The van der Waals surface area contributed by atoms with Crippen molar-refractivity contribution < 1.29 is 4.79 Å². The smallest absolute Gasteiger partial charge is 0.261 e. The molecule has 16 heavy (non-hydrogen) atoms. The lowest BCUT2D eigenvalue weighted by Gasteiger charge is -2.00. The Morgan fingerprint density at radius 2 is 2.44 bits per heavy atom. The van der Waals surface area contributed by atoms with Crippen molar-refractivity contribution in [3.8, 4) is 0 Å². The first kappa shape index (κ1) is 11.4. The first-order chi connectivity index (χ1) is 7.81. The molecule has 1 aliphatic rings. The van der Waals surface area contributed by atoms with E-state index in [4.69, 9.17) is 0 Å². The first-order valence-corrected chi connectivity index (χ1v) is 6.64. The molecule has 1 heterocycles. The second kappa shape index (κ2) is 5.30. The van der Waals surface area contributed by atoms with Crippen molar-refractivity contribution >= 4 is 17.2 Å². The lowest BCUT2D eigenvalue weighted by Crippen LogP contribution is -2.23. The molecule has 0 fully saturated rings. The quantitative estimate of drug-likeness (QED) is 0.631. The van der Waals surface area contributed by atoms with Crippen molar-refractivity contribution in [3.05, 3.63) is 33.5 Å². The summed E-state index contributed by atoms with van der Waals surface area (Å²) in [6.45, 7) is 2.72. The maximum absolute atomic E-state index is 11.8. The highest BCUT2D eigenvalue weighted by Gasteiger charge is 2.17. The van der Waals surface area contributed by atoms with E-state index in [9.17, 15) is 4.79 Å². The van der Waals surface area contributed by atoms with Crippen LogP contribution in [0.5, 0.6) is 0 Å². The van der Waals surface area contributed by atoms with Crippen molar-refractivity contribution in [3.63, 3.8) is 0 Å². The number of allylic oxidation sites excluding steroid dienone is 1. The van der Waals surface area contributed by atoms with E-state index < -0.39 is 0 Å². The second-order valence-corrected chi connectivity index (χ2v) is 5.16. The average molecular weight is 235 g/mol. The molecule has 2 nitrogen and oxygen atoms in total. The van der Waals surface area contributed by atoms with Gasteiger partial charge in [-0.25, -0.2) is 0 Å². The van der Waals surface area contributed by atoms with Crippen LogP contribution in [0.25, 0.3) is 0 Å². The fraction of sp³-hybridized carbons (Fsp3) is 0.462. The third kappa shape index (κ3) is 2.53. The molecule has 86 valence electrons. The number of nitrogens with one attached hydrogen (secondary N) is 1. The number of thiophene rings is 1. The van der Waals surface area contributed by atoms with Crippen LogP contribution in [-0.2, 0) is 12.8 Å². The molecule has 0 radical (unpaired) electrons. The highest BCUT2D eigenvalue weighted by molar-refractivity contribution is 7.14. The van der Waals surface area contributed by atoms with Crippen LogP contribution in [0.3, 0.4) is 0 Å². The molecule has 3 heteroatoms. The molecular weight excluding hydrogens is 218 g/mol. The summed E-state index contributed by atoms with van der Waals surface area (Å²) in [5.74, 6) is 0.0869. The normalized spacial score (nSPS) is 14.3. The van der Waals surface area contributed by atoms with Crippen LogP contribution < -0.4 is 5.32 Å². The van der Waals surface area contributed by atoms with Crippen LogP contribution in [0.1, 0.15) is 39.9 Å². The van der Waals surface area contributed by atoms with Crippen molar-refractivity contribution in [2.75, 3.05) is 6.54 Å². The number of hydrogen-bond acceptors (Lipinski definition) is 2. The molecule has 0 bridgehead atoms. The van der Waals surface area contributed by atoms with Gasteiger partial charge in [-0.05, 0) is 44.2 Å². The standard InChI is InChI=1S/C13H17NOS/c1-2-3-4-8-14-13(15)12-9-10-6-5-7-11(10)16-12/h2-3,9H,4-8H2,1H3,(H,14,15)/b3-2+. The molecule has 0 unspecified atom stereocenters. The maximum Gasteiger partial charge on any atom is 0.261 e. The third-order valence-corrected chi connectivity index (χ3v) is 4.04. The van der Waals surface area contributed by atoms with Crippen molar-refractivity contribution in [1.29, 1.82) is 0 Å². The molecule has 0 saturated carbocycles.